The Balaban J connectivity index is 3.27. The van der Waals surface area contributed by atoms with E-state index >= 15 is 0 Å². The Morgan fingerprint density at radius 2 is 1.74 bits per heavy atom. The van der Waals surface area contributed by atoms with E-state index in [2.05, 4.69) is 14.7 Å². The molecule has 0 unspecified atom stereocenters. The van der Waals surface area contributed by atoms with Crippen molar-refractivity contribution in [2.45, 2.75) is 27.2 Å². The number of ketones is 1. The lowest BCUT2D eigenvalue weighted by Crippen LogP contribution is -2.21. The summed E-state index contributed by atoms with van der Waals surface area (Å²) in [6.07, 6.45) is -0.613. The molecule has 10 heteroatoms. The SMILES string of the molecule is CCOC(=O)C(=O)Cc1nc(OCC)nc(OCC)c1[N+](=O)[O-]. The highest BCUT2D eigenvalue weighted by atomic mass is 16.6. The van der Waals surface area contributed by atoms with Gasteiger partial charge in [-0.15, -0.1) is 0 Å². The first kappa shape index (κ1) is 18.3. The molecule has 0 fully saturated rings. The fourth-order valence-electron chi connectivity index (χ4n) is 1.63. The van der Waals surface area contributed by atoms with Gasteiger partial charge in [-0.1, -0.05) is 0 Å². The molecule has 0 amide bonds. The van der Waals surface area contributed by atoms with Crippen molar-refractivity contribution in [1.29, 1.82) is 0 Å². The number of esters is 1. The Morgan fingerprint density at radius 1 is 1.09 bits per heavy atom. The highest BCUT2D eigenvalue weighted by Gasteiger charge is 2.30. The summed E-state index contributed by atoms with van der Waals surface area (Å²) >= 11 is 0. The summed E-state index contributed by atoms with van der Waals surface area (Å²) in [7, 11) is 0. The van der Waals surface area contributed by atoms with Crippen LogP contribution >= 0.6 is 0 Å². The smallest absolute Gasteiger partial charge is 0.375 e. The van der Waals surface area contributed by atoms with Crippen LogP contribution in [0, 0.1) is 10.1 Å². The van der Waals surface area contributed by atoms with E-state index in [1.807, 2.05) is 0 Å². The fraction of sp³-hybridized carbons (Fsp3) is 0.538. The van der Waals surface area contributed by atoms with Crippen molar-refractivity contribution in [3.63, 3.8) is 0 Å². The Morgan fingerprint density at radius 3 is 2.26 bits per heavy atom. The first-order chi connectivity index (χ1) is 10.9. The van der Waals surface area contributed by atoms with Gasteiger partial charge in [0.15, 0.2) is 0 Å². The topological polar surface area (TPSA) is 131 Å². The Kier molecular flexibility index (Phi) is 6.84. The lowest BCUT2D eigenvalue weighted by atomic mass is 10.2. The van der Waals surface area contributed by atoms with Crippen LogP contribution in [-0.4, -0.2) is 46.5 Å². The van der Waals surface area contributed by atoms with Gasteiger partial charge in [-0.2, -0.15) is 9.97 Å². The number of Topliss-reactive ketones (excluding diaryl/α,β-unsaturated/α-hetero) is 1. The highest BCUT2D eigenvalue weighted by Crippen LogP contribution is 2.30. The Labute approximate surface area is 131 Å². The summed E-state index contributed by atoms with van der Waals surface area (Å²) in [6.45, 7) is 5.19. The van der Waals surface area contributed by atoms with E-state index in [-0.39, 0.29) is 37.4 Å². The van der Waals surface area contributed by atoms with Crippen LogP contribution in [0.25, 0.3) is 0 Å². The summed E-state index contributed by atoms with van der Waals surface area (Å²) in [5.41, 5.74) is -0.845. The summed E-state index contributed by atoms with van der Waals surface area (Å²) in [5.74, 6) is -2.36. The average Bonchev–Trinajstić information content (AvgIpc) is 2.47. The van der Waals surface area contributed by atoms with Crippen LogP contribution in [-0.2, 0) is 20.7 Å². The van der Waals surface area contributed by atoms with E-state index in [1.54, 1.807) is 20.8 Å². The number of aromatic nitrogens is 2. The van der Waals surface area contributed by atoms with Crippen LogP contribution in [0.5, 0.6) is 11.9 Å². The van der Waals surface area contributed by atoms with Gasteiger partial charge in [0.1, 0.15) is 5.69 Å². The van der Waals surface area contributed by atoms with Gasteiger partial charge in [0, 0.05) is 0 Å². The molecule has 0 bridgehead atoms. The first-order valence-corrected chi connectivity index (χ1v) is 6.95. The van der Waals surface area contributed by atoms with E-state index in [4.69, 9.17) is 9.47 Å². The lowest BCUT2D eigenvalue weighted by Gasteiger charge is -2.09. The molecule has 0 radical (unpaired) electrons. The number of rotatable bonds is 9. The van der Waals surface area contributed by atoms with E-state index in [0.29, 0.717) is 0 Å². The summed E-state index contributed by atoms with van der Waals surface area (Å²) in [6, 6.07) is -0.173. The largest absolute Gasteiger partial charge is 0.473 e. The molecule has 1 heterocycles. The first-order valence-electron chi connectivity index (χ1n) is 6.95. The molecule has 1 aromatic heterocycles. The number of hydrogen-bond donors (Lipinski definition) is 0. The zero-order valence-electron chi connectivity index (χ0n) is 13.0. The number of carbonyl (C=O) groups excluding carboxylic acids is 2. The maximum atomic E-state index is 11.8. The molecule has 126 valence electrons. The van der Waals surface area contributed by atoms with Crippen LogP contribution in [0.3, 0.4) is 0 Å². The zero-order chi connectivity index (χ0) is 17.4. The van der Waals surface area contributed by atoms with Crippen LogP contribution in [0.2, 0.25) is 0 Å². The highest BCUT2D eigenvalue weighted by molar-refractivity contribution is 6.34. The third kappa shape index (κ3) is 4.87. The molecule has 0 saturated heterocycles. The predicted molar refractivity (Wildman–Crippen MR) is 76.4 cm³/mol. The minimum atomic E-state index is -1.09. The molecular weight excluding hydrogens is 310 g/mol. The third-order valence-corrected chi connectivity index (χ3v) is 2.47. The summed E-state index contributed by atoms with van der Waals surface area (Å²) < 4.78 is 14.8. The van der Waals surface area contributed by atoms with Crippen LogP contribution in [0.4, 0.5) is 5.69 Å². The van der Waals surface area contributed by atoms with Gasteiger partial charge in [0.05, 0.1) is 31.2 Å². The molecule has 0 saturated carbocycles. The van der Waals surface area contributed by atoms with Crippen molar-refractivity contribution in [2.24, 2.45) is 0 Å². The standard InChI is InChI=1S/C13H17N3O7/c1-4-21-11-10(16(19)20)8(14-13(15-11)23-6-3)7-9(17)12(18)22-5-2/h4-7H2,1-3H3. The van der Waals surface area contributed by atoms with E-state index in [9.17, 15) is 19.7 Å². The monoisotopic (exact) mass is 327 g/mol. The molecule has 0 atom stereocenters. The second kappa shape index (κ2) is 8.61. The Bertz CT molecular complexity index is 603. The van der Waals surface area contributed by atoms with E-state index in [1.165, 1.54) is 0 Å². The molecule has 0 aliphatic carbocycles. The molecular formula is C13H17N3O7. The van der Waals surface area contributed by atoms with Gasteiger partial charge in [0.2, 0.25) is 5.78 Å². The quantitative estimate of drug-likeness (QED) is 0.280. The minimum Gasteiger partial charge on any atom is -0.473 e. The molecule has 0 aliphatic heterocycles. The van der Waals surface area contributed by atoms with Crippen molar-refractivity contribution < 1.29 is 28.7 Å². The predicted octanol–water partition coefficient (Wildman–Crippen LogP) is 0.857. The van der Waals surface area contributed by atoms with Crippen LogP contribution in [0.1, 0.15) is 26.5 Å². The number of nitro groups is 1. The minimum absolute atomic E-state index is 0.0187. The maximum absolute atomic E-state index is 11.8. The van der Waals surface area contributed by atoms with E-state index < -0.39 is 28.8 Å². The molecule has 0 N–H and O–H groups in total. The molecule has 0 aliphatic rings. The maximum Gasteiger partial charge on any atom is 0.375 e. The summed E-state index contributed by atoms with van der Waals surface area (Å²) in [4.78, 5) is 41.3. The van der Waals surface area contributed by atoms with Crippen LogP contribution in [0.15, 0.2) is 0 Å². The van der Waals surface area contributed by atoms with Crippen molar-refractivity contribution in [2.75, 3.05) is 19.8 Å². The van der Waals surface area contributed by atoms with Crippen molar-refractivity contribution >= 4 is 17.4 Å². The molecule has 0 spiro atoms. The lowest BCUT2D eigenvalue weighted by molar-refractivity contribution is -0.387. The van der Waals surface area contributed by atoms with Gasteiger partial charge in [-0.3, -0.25) is 14.9 Å². The van der Waals surface area contributed by atoms with Gasteiger partial charge >= 0.3 is 23.5 Å². The van der Waals surface area contributed by atoms with Gasteiger partial charge in [-0.05, 0) is 20.8 Å². The van der Waals surface area contributed by atoms with Gasteiger partial charge in [-0.25, -0.2) is 4.79 Å². The number of hydrogen-bond acceptors (Lipinski definition) is 9. The number of nitrogens with zero attached hydrogens (tertiary/aromatic N) is 3. The second-order valence-electron chi connectivity index (χ2n) is 4.05. The fourth-order valence-corrected chi connectivity index (χ4v) is 1.63. The number of ether oxygens (including phenoxy) is 3. The molecule has 1 rings (SSSR count). The molecule has 23 heavy (non-hydrogen) atoms. The molecule has 1 aromatic rings. The van der Waals surface area contributed by atoms with Crippen molar-refractivity contribution in [1.82, 2.24) is 9.97 Å². The summed E-state index contributed by atoms with van der Waals surface area (Å²) in [5, 5.41) is 11.2. The second-order valence-corrected chi connectivity index (χ2v) is 4.05. The zero-order valence-corrected chi connectivity index (χ0v) is 13.0. The van der Waals surface area contributed by atoms with Gasteiger partial charge in [0.25, 0.3) is 0 Å². The van der Waals surface area contributed by atoms with E-state index in [0.717, 1.165) is 0 Å². The normalized spacial score (nSPS) is 10.0. The van der Waals surface area contributed by atoms with Gasteiger partial charge < -0.3 is 14.2 Å². The molecule has 10 nitrogen and oxygen atoms in total. The third-order valence-electron chi connectivity index (χ3n) is 2.47. The average molecular weight is 327 g/mol. The Hall–Kier alpha value is -2.78. The number of carbonyl (C=O) groups is 2. The van der Waals surface area contributed by atoms with Crippen molar-refractivity contribution in [3.8, 4) is 11.9 Å². The van der Waals surface area contributed by atoms with Crippen molar-refractivity contribution in [3.05, 3.63) is 15.8 Å². The molecule has 0 aromatic carbocycles. The van der Waals surface area contributed by atoms with Crippen LogP contribution < -0.4 is 9.47 Å².